The fourth-order valence-electron chi connectivity index (χ4n) is 3.45. The number of thiophene rings is 1. The molecule has 0 spiro atoms. The van der Waals surface area contributed by atoms with Crippen molar-refractivity contribution in [2.24, 2.45) is 5.10 Å². The summed E-state index contributed by atoms with van der Waals surface area (Å²) in [5.41, 5.74) is 3.91. The minimum absolute atomic E-state index is 0.0650. The van der Waals surface area contributed by atoms with E-state index in [2.05, 4.69) is 31.8 Å². The predicted molar refractivity (Wildman–Crippen MR) is 128 cm³/mol. The molecule has 0 aliphatic heterocycles. The highest BCUT2D eigenvalue weighted by Crippen LogP contribution is 2.38. The van der Waals surface area contributed by atoms with Crippen LogP contribution in [-0.2, 0) is 27.2 Å². The summed E-state index contributed by atoms with van der Waals surface area (Å²) in [6.07, 6.45) is 5.90. The number of ether oxygens (including phenoxy) is 2. The lowest BCUT2D eigenvalue weighted by Crippen LogP contribution is -2.32. The van der Waals surface area contributed by atoms with Gasteiger partial charge in [-0.25, -0.2) is 10.2 Å². The van der Waals surface area contributed by atoms with Crippen LogP contribution in [0, 0.1) is 0 Å². The van der Waals surface area contributed by atoms with Crippen molar-refractivity contribution in [1.29, 1.82) is 0 Å². The summed E-state index contributed by atoms with van der Waals surface area (Å²) in [4.78, 5) is 38.3. The van der Waals surface area contributed by atoms with Gasteiger partial charge in [0.2, 0.25) is 0 Å². The van der Waals surface area contributed by atoms with E-state index in [0.717, 1.165) is 42.5 Å². The molecule has 1 aromatic carbocycles. The van der Waals surface area contributed by atoms with Crippen LogP contribution in [0.15, 0.2) is 21.7 Å². The number of hydrazone groups is 1. The van der Waals surface area contributed by atoms with Crippen molar-refractivity contribution in [2.75, 3.05) is 19.0 Å². The zero-order valence-electron chi connectivity index (χ0n) is 18.2. The third-order valence-corrected chi connectivity index (χ3v) is 6.80. The molecule has 2 amide bonds. The maximum absolute atomic E-state index is 12.6. The normalized spacial score (nSPS) is 13.2. The number of fused-ring (bicyclic) bond motifs is 1. The van der Waals surface area contributed by atoms with Crippen molar-refractivity contribution in [3.8, 4) is 11.5 Å². The molecule has 0 fully saturated rings. The van der Waals surface area contributed by atoms with E-state index in [4.69, 9.17) is 9.47 Å². The van der Waals surface area contributed by atoms with Crippen LogP contribution in [0.3, 0.4) is 0 Å². The number of nitrogens with zero attached hydrogens (tertiary/aromatic N) is 1. The van der Waals surface area contributed by atoms with Crippen molar-refractivity contribution in [2.45, 2.75) is 39.0 Å². The van der Waals surface area contributed by atoms with Gasteiger partial charge in [0, 0.05) is 4.88 Å². The highest BCUT2D eigenvalue weighted by atomic mass is 79.9. The number of phenols is 1. The predicted octanol–water partition coefficient (Wildman–Crippen LogP) is 3.76. The molecule has 1 aliphatic carbocycles. The molecule has 33 heavy (non-hydrogen) atoms. The number of anilines is 1. The number of methoxy groups -OCH3 is 1. The standard InChI is InChI=1S/C22H24BrN3O6S/c1-3-32-22(30)17-13-7-5-4-6-8-16(13)33-21(17)25-19(28)20(29)26-24-11-12-9-14(23)18(27)15(10-12)31-2/h9-11,27H,3-8H2,1-2H3,(H,25,28)(H,26,29)/b24-11+. The summed E-state index contributed by atoms with van der Waals surface area (Å²) in [5, 5.41) is 16.5. The van der Waals surface area contributed by atoms with Crippen molar-refractivity contribution in [3.63, 3.8) is 0 Å². The molecule has 0 saturated carbocycles. The second-order valence-corrected chi connectivity index (χ2v) is 9.16. The van der Waals surface area contributed by atoms with E-state index in [1.54, 1.807) is 13.0 Å². The van der Waals surface area contributed by atoms with Gasteiger partial charge in [-0.05, 0) is 71.8 Å². The Labute approximate surface area is 203 Å². The fraction of sp³-hybridized carbons (Fsp3) is 0.364. The van der Waals surface area contributed by atoms with Gasteiger partial charge in [-0.3, -0.25) is 9.59 Å². The molecule has 3 rings (SSSR count). The SMILES string of the molecule is CCOC(=O)c1c(NC(=O)C(=O)N/N=C/c2cc(Br)c(O)c(OC)c2)sc2c1CCCCC2. The number of nitrogens with one attached hydrogen (secondary N) is 2. The van der Waals surface area contributed by atoms with Crippen molar-refractivity contribution in [3.05, 3.63) is 38.2 Å². The van der Waals surface area contributed by atoms with Crippen LogP contribution in [0.25, 0.3) is 0 Å². The number of amides is 2. The van der Waals surface area contributed by atoms with Crippen LogP contribution < -0.4 is 15.5 Å². The Morgan fingerprint density at radius 3 is 2.70 bits per heavy atom. The van der Waals surface area contributed by atoms with Crippen LogP contribution in [0.1, 0.15) is 52.5 Å². The van der Waals surface area contributed by atoms with Gasteiger partial charge in [-0.15, -0.1) is 11.3 Å². The number of carbonyl (C=O) groups is 3. The van der Waals surface area contributed by atoms with Gasteiger partial charge in [0.15, 0.2) is 11.5 Å². The smallest absolute Gasteiger partial charge is 0.341 e. The lowest BCUT2D eigenvalue weighted by Gasteiger charge is -2.08. The second kappa shape index (κ2) is 11.3. The van der Waals surface area contributed by atoms with Crippen LogP contribution in [0.5, 0.6) is 11.5 Å². The summed E-state index contributed by atoms with van der Waals surface area (Å²) in [5.74, 6) is -2.28. The first-order chi connectivity index (χ1) is 15.8. The first-order valence-electron chi connectivity index (χ1n) is 10.4. The van der Waals surface area contributed by atoms with E-state index >= 15 is 0 Å². The number of hydrogen-bond acceptors (Lipinski definition) is 8. The zero-order chi connectivity index (χ0) is 24.0. The number of phenolic OH excluding ortho intramolecular Hbond substituents is 1. The molecular formula is C22H24BrN3O6S. The number of benzene rings is 1. The van der Waals surface area contributed by atoms with Gasteiger partial charge in [0.25, 0.3) is 0 Å². The van der Waals surface area contributed by atoms with E-state index in [-0.39, 0.29) is 18.1 Å². The molecule has 1 aromatic heterocycles. The van der Waals surface area contributed by atoms with E-state index in [9.17, 15) is 19.5 Å². The van der Waals surface area contributed by atoms with Gasteiger partial charge < -0.3 is 19.9 Å². The van der Waals surface area contributed by atoms with Gasteiger partial charge in [0.1, 0.15) is 5.00 Å². The van der Waals surface area contributed by atoms with Gasteiger partial charge in [-0.2, -0.15) is 5.10 Å². The second-order valence-electron chi connectivity index (χ2n) is 7.20. The highest BCUT2D eigenvalue weighted by molar-refractivity contribution is 9.10. The minimum Gasteiger partial charge on any atom is -0.503 e. The van der Waals surface area contributed by atoms with Gasteiger partial charge >= 0.3 is 17.8 Å². The van der Waals surface area contributed by atoms with Gasteiger partial charge in [0.05, 0.1) is 30.0 Å². The highest BCUT2D eigenvalue weighted by Gasteiger charge is 2.27. The summed E-state index contributed by atoms with van der Waals surface area (Å²) < 4.78 is 10.6. The van der Waals surface area contributed by atoms with Crippen LogP contribution in [-0.4, -0.2) is 42.8 Å². The van der Waals surface area contributed by atoms with Crippen LogP contribution in [0.2, 0.25) is 0 Å². The molecule has 0 bridgehead atoms. The van der Waals surface area contributed by atoms with Crippen molar-refractivity contribution in [1.82, 2.24) is 5.43 Å². The molecule has 11 heteroatoms. The Hall–Kier alpha value is -2.92. The molecule has 2 aromatic rings. The third kappa shape index (κ3) is 5.91. The maximum atomic E-state index is 12.6. The van der Waals surface area contributed by atoms with Gasteiger partial charge in [-0.1, -0.05) is 6.42 Å². The van der Waals surface area contributed by atoms with E-state index in [1.807, 2.05) is 0 Å². The van der Waals surface area contributed by atoms with E-state index < -0.39 is 17.8 Å². The molecule has 3 N–H and O–H groups in total. The number of hydrogen-bond donors (Lipinski definition) is 3. The molecule has 0 radical (unpaired) electrons. The average Bonchev–Trinajstić information content (AvgIpc) is 2.96. The molecule has 9 nitrogen and oxygen atoms in total. The lowest BCUT2D eigenvalue weighted by atomic mass is 10.1. The number of esters is 1. The number of rotatable bonds is 6. The van der Waals surface area contributed by atoms with E-state index in [0.29, 0.717) is 20.6 Å². The first-order valence-corrected chi connectivity index (χ1v) is 12.0. The third-order valence-electron chi connectivity index (χ3n) is 4.98. The summed E-state index contributed by atoms with van der Waals surface area (Å²) in [6, 6.07) is 3.08. The molecule has 0 unspecified atom stereocenters. The molecule has 0 atom stereocenters. The Kier molecular flexibility index (Phi) is 8.45. The zero-order valence-corrected chi connectivity index (χ0v) is 20.6. The molecule has 1 heterocycles. The van der Waals surface area contributed by atoms with E-state index in [1.165, 1.54) is 30.7 Å². The lowest BCUT2D eigenvalue weighted by molar-refractivity contribution is -0.136. The monoisotopic (exact) mass is 537 g/mol. The average molecular weight is 538 g/mol. The Morgan fingerprint density at radius 2 is 1.97 bits per heavy atom. The summed E-state index contributed by atoms with van der Waals surface area (Å²) >= 11 is 4.51. The minimum atomic E-state index is -0.991. The topological polar surface area (TPSA) is 126 Å². The number of carbonyl (C=O) groups excluding carboxylic acids is 3. The Bertz CT molecular complexity index is 1100. The van der Waals surface area contributed by atoms with Crippen LogP contribution >= 0.6 is 27.3 Å². The van der Waals surface area contributed by atoms with Crippen molar-refractivity contribution < 1.29 is 29.0 Å². The number of aromatic hydroxyl groups is 1. The largest absolute Gasteiger partial charge is 0.503 e. The Morgan fingerprint density at radius 1 is 1.21 bits per heavy atom. The van der Waals surface area contributed by atoms with Crippen LogP contribution in [0.4, 0.5) is 5.00 Å². The number of aryl methyl sites for hydroxylation is 1. The molecular weight excluding hydrogens is 514 g/mol. The molecule has 176 valence electrons. The first kappa shape index (κ1) is 24.7. The summed E-state index contributed by atoms with van der Waals surface area (Å²) in [7, 11) is 1.41. The Balaban J connectivity index is 1.72. The quantitative estimate of drug-likeness (QED) is 0.169. The fourth-order valence-corrected chi connectivity index (χ4v) is 5.18. The molecule has 1 aliphatic rings. The van der Waals surface area contributed by atoms with Crippen molar-refractivity contribution >= 4 is 56.3 Å². The number of halogens is 1. The summed E-state index contributed by atoms with van der Waals surface area (Å²) in [6.45, 7) is 1.93. The maximum Gasteiger partial charge on any atom is 0.341 e. The molecule has 0 saturated heterocycles.